The van der Waals surface area contributed by atoms with Gasteiger partial charge in [0, 0.05) is 44.5 Å². The van der Waals surface area contributed by atoms with Gasteiger partial charge in [0.15, 0.2) is 5.58 Å². The predicted octanol–water partition coefficient (Wildman–Crippen LogP) is 1.94. The summed E-state index contributed by atoms with van der Waals surface area (Å²) in [5.41, 5.74) is 8.15. The van der Waals surface area contributed by atoms with Gasteiger partial charge >= 0.3 is 0 Å². The van der Waals surface area contributed by atoms with E-state index < -0.39 is 0 Å². The van der Waals surface area contributed by atoms with Crippen molar-refractivity contribution in [2.45, 2.75) is 12.8 Å². The summed E-state index contributed by atoms with van der Waals surface area (Å²) in [4.78, 5) is 9.36. The summed E-state index contributed by atoms with van der Waals surface area (Å²) in [5, 5.41) is 0. The SMILES string of the molecule is Nc1ccc2nc(N3CCN(CC4CC4)CC3)oc2c1. The summed E-state index contributed by atoms with van der Waals surface area (Å²) >= 11 is 0. The van der Waals surface area contributed by atoms with E-state index >= 15 is 0 Å². The number of hydrogen-bond acceptors (Lipinski definition) is 5. The van der Waals surface area contributed by atoms with E-state index in [1.165, 1.54) is 19.4 Å². The molecular weight excluding hydrogens is 252 g/mol. The van der Waals surface area contributed by atoms with Crippen molar-refractivity contribution in [1.29, 1.82) is 0 Å². The minimum Gasteiger partial charge on any atom is -0.423 e. The zero-order valence-corrected chi connectivity index (χ0v) is 11.6. The van der Waals surface area contributed by atoms with E-state index in [0.717, 1.165) is 54.9 Å². The van der Waals surface area contributed by atoms with Crippen molar-refractivity contribution in [3.63, 3.8) is 0 Å². The third-order valence-corrected chi connectivity index (χ3v) is 4.26. The van der Waals surface area contributed by atoms with Crippen LogP contribution in [0.25, 0.3) is 11.1 Å². The molecule has 2 heterocycles. The molecule has 1 aliphatic carbocycles. The van der Waals surface area contributed by atoms with E-state index in [1.807, 2.05) is 18.2 Å². The van der Waals surface area contributed by atoms with Crippen LogP contribution >= 0.6 is 0 Å². The molecule has 2 aliphatic rings. The number of hydrogen-bond donors (Lipinski definition) is 1. The molecule has 4 rings (SSSR count). The average Bonchev–Trinajstić information content (AvgIpc) is 3.16. The van der Waals surface area contributed by atoms with Crippen molar-refractivity contribution in [3.8, 4) is 0 Å². The molecule has 1 saturated carbocycles. The maximum atomic E-state index is 5.83. The van der Waals surface area contributed by atoms with Crippen molar-refractivity contribution in [2.24, 2.45) is 5.92 Å². The van der Waals surface area contributed by atoms with Gasteiger partial charge in [-0.2, -0.15) is 4.98 Å². The number of anilines is 2. The molecule has 1 saturated heterocycles. The highest BCUT2D eigenvalue weighted by Gasteiger charge is 2.27. The molecule has 0 amide bonds. The van der Waals surface area contributed by atoms with Gasteiger partial charge in [0.25, 0.3) is 6.01 Å². The van der Waals surface area contributed by atoms with Crippen LogP contribution in [0.1, 0.15) is 12.8 Å². The molecule has 5 heteroatoms. The molecule has 106 valence electrons. The van der Waals surface area contributed by atoms with Crippen LogP contribution in [-0.4, -0.2) is 42.6 Å². The molecule has 1 aromatic heterocycles. The van der Waals surface area contributed by atoms with Gasteiger partial charge in [0.1, 0.15) is 5.52 Å². The summed E-state index contributed by atoms with van der Waals surface area (Å²) < 4.78 is 5.83. The predicted molar refractivity (Wildman–Crippen MR) is 79.8 cm³/mol. The van der Waals surface area contributed by atoms with Crippen LogP contribution in [-0.2, 0) is 0 Å². The van der Waals surface area contributed by atoms with E-state index in [-0.39, 0.29) is 0 Å². The smallest absolute Gasteiger partial charge is 0.298 e. The van der Waals surface area contributed by atoms with Crippen LogP contribution < -0.4 is 10.6 Å². The Hall–Kier alpha value is -1.75. The van der Waals surface area contributed by atoms with Crippen LogP contribution in [0, 0.1) is 5.92 Å². The van der Waals surface area contributed by atoms with Gasteiger partial charge in [-0.25, -0.2) is 0 Å². The Morgan fingerprint density at radius 2 is 2.00 bits per heavy atom. The molecule has 0 radical (unpaired) electrons. The van der Waals surface area contributed by atoms with Crippen molar-refractivity contribution in [1.82, 2.24) is 9.88 Å². The Morgan fingerprint density at radius 3 is 2.75 bits per heavy atom. The summed E-state index contributed by atoms with van der Waals surface area (Å²) in [7, 11) is 0. The first-order chi connectivity index (χ1) is 9.78. The minimum atomic E-state index is 0.717. The largest absolute Gasteiger partial charge is 0.423 e. The number of aromatic nitrogens is 1. The highest BCUT2D eigenvalue weighted by atomic mass is 16.4. The third-order valence-electron chi connectivity index (χ3n) is 4.26. The second-order valence-electron chi connectivity index (χ2n) is 5.95. The number of nitrogens with two attached hydrogens (primary N) is 1. The fourth-order valence-electron chi connectivity index (χ4n) is 2.85. The monoisotopic (exact) mass is 272 g/mol. The lowest BCUT2D eigenvalue weighted by Crippen LogP contribution is -2.47. The lowest BCUT2D eigenvalue weighted by molar-refractivity contribution is 0.244. The Kier molecular flexibility index (Phi) is 2.80. The molecule has 2 fully saturated rings. The first kappa shape index (κ1) is 12.0. The second-order valence-corrected chi connectivity index (χ2v) is 5.95. The van der Waals surface area contributed by atoms with Crippen LogP contribution in [0.15, 0.2) is 22.6 Å². The van der Waals surface area contributed by atoms with E-state index in [1.54, 1.807) is 0 Å². The number of rotatable bonds is 3. The molecule has 0 atom stereocenters. The average molecular weight is 272 g/mol. The minimum absolute atomic E-state index is 0.717. The van der Waals surface area contributed by atoms with Crippen molar-refractivity contribution >= 4 is 22.8 Å². The number of oxazole rings is 1. The number of benzene rings is 1. The molecule has 1 aromatic carbocycles. The third kappa shape index (κ3) is 2.33. The van der Waals surface area contributed by atoms with Gasteiger partial charge in [-0.15, -0.1) is 0 Å². The fraction of sp³-hybridized carbons (Fsp3) is 0.533. The number of nitrogens with zero attached hydrogens (tertiary/aromatic N) is 3. The van der Waals surface area contributed by atoms with Gasteiger partial charge in [-0.05, 0) is 30.9 Å². The maximum absolute atomic E-state index is 5.83. The first-order valence-electron chi connectivity index (χ1n) is 7.41. The Labute approximate surface area is 118 Å². The molecule has 0 unspecified atom stereocenters. The molecule has 2 aromatic rings. The molecule has 0 bridgehead atoms. The molecular formula is C15H20N4O. The maximum Gasteiger partial charge on any atom is 0.298 e. The Balaban J connectivity index is 1.46. The first-order valence-corrected chi connectivity index (χ1v) is 7.41. The van der Waals surface area contributed by atoms with Crippen LogP contribution in [0.3, 0.4) is 0 Å². The topological polar surface area (TPSA) is 58.5 Å². The van der Waals surface area contributed by atoms with Crippen molar-refractivity contribution in [3.05, 3.63) is 18.2 Å². The van der Waals surface area contributed by atoms with Crippen molar-refractivity contribution in [2.75, 3.05) is 43.4 Å². The highest BCUT2D eigenvalue weighted by molar-refractivity contribution is 5.78. The van der Waals surface area contributed by atoms with Crippen LogP contribution in [0.5, 0.6) is 0 Å². The molecule has 0 spiro atoms. The van der Waals surface area contributed by atoms with E-state index in [2.05, 4.69) is 14.8 Å². The number of piperazine rings is 1. The normalized spacial score (nSPS) is 20.7. The zero-order valence-electron chi connectivity index (χ0n) is 11.6. The molecule has 20 heavy (non-hydrogen) atoms. The summed E-state index contributed by atoms with van der Waals surface area (Å²) in [6.07, 6.45) is 2.85. The lowest BCUT2D eigenvalue weighted by atomic mass is 10.3. The van der Waals surface area contributed by atoms with Gasteiger partial charge in [-0.1, -0.05) is 0 Å². The Bertz CT molecular complexity index is 611. The molecule has 1 aliphatic heterocycles. The summed E-state index contributed by atoms with van der Waals surface area (Å²) in [6.45, 7) is 5.48. The number of nitrogen functional groups attached to an aromatic ring is 1. The molecule has 5 nitrogen and oxygen atoms in total. The number of fused-ring (bicyclic) bond motifs is 1. The standard InChI is InChI=1S/C15H20N4O/c16-12-3-4-13-14(9-12)20-15(17-13)19-7-5-18(6-8-19)10-11-1-2-11/h3-4,9,11H,1-2,5-8,10,16H2. The summed E-state index contributed by atoms with van der Waals surface area (Å²) in [5.74, 6) is 0.967. The van der Waals surface area contributed by atoms with E-state index in [0.29, 0.717) is 0 Å². The quantitative estimate of drug-likeness (QED) is 0.865. The van der Waals surface area contributed by atoms with Gasteiger partial charge in [0.05, 0.1) is 0 Å². The van der Waals surface area contributed by atoms with E-state index in [4.69, 9.17) is 10.2 Å². The second kappa shape index (κ2) is 4.66. The Morgan fingerprint density at radius 1 is 1.20 bits per heavy atom. The highest BCUT2D eigenvalue weighted by Crippen LogP contribution is 2.30. The fourth-order valence-corrected chi connectivity index (χ4v) is 2.85. The lowest BCUT2D eigenvalue weighted by Gasteiger charge is -2.33. The molecule has 2 N–H and O–H groups in total. The summed E-state index contributed by atoms with van der Waals surface area (Å²) in [6, 6.07) is 6.36. The van der Waals surface area contributed by atoms with Gasteiger partial charge in [-0.3, -0.25) is 4.90 Å². The van der Waals surface area contributed by atoms with Crippen LogP contribution in [0.2, 0.25) is 0 Å². The van der Waals surface area contributed by atoms with Gasteiger partial charge < -0.3 is 15.1 Å². The zero-order chi connectivity index (χ0) is 13.5. The van der Waals surface area contributed by atoms with Crippen molar-refractivity contribution < 1.29 is 4.42 Å². The van der Waals surface area contributed by atoms with E-state index in [9.17, 15) is 0 Å². The van der Waals surface area contributed by atoms with Crippen LogP contribution in [0.4, 0.5) is 11.7 Å². The van der Waals surface area contributed by atoms with Gasteiger partial charge in [0.2, 0.25) is 0 Å².